The second-order valence-corrected chi connectivity index (χ2v) is 13.9. The second kappa shape index (κ2) is 17.3. The van der Waals surface area contributed by atoms with Crippen LogP contribution in [-0.4, -0.2) is 75.3 Å². The lowest BCUT2D eigenvalue weighted by Gasteiger charge is -2.35. The van der Waals surface area contributed by atoms with Crippen LogP contribution in [0.4, 0.5) is 35.0 Å². The van der Waals surface area contributed by atoms with E-state index in [0.29, 0.717) is 84.5 Å². The van der Waals surface area contributed by atoms with Crippen LogP contribution in [0.5, 0.6) is 23.0 Å². The Morgan fingerprint density at radius 3 is 2.33 bits per heavy atom. The number of ether oxygens (including phenoxy) is 3. The van der Waals surface area contributed by atoms with Gasteiger partial charge in [-0.1, -0.05) is 12.5 Å². The monoisotopic (exact) mass is 748 g/mol. The Balaban J connectivity index is 1.03. The minimum absolute atomic E-state index is 0.000583. The van der Waals surface area contributed by atoms with Crippen molar-refractivity contribution in [3.63, 3.8) is 0 Å². The predicted molar refractivity (Wildman–Crippen MR) is 203 cm³/mol. The molecule has 2 aliphatic heterocycles. The van der Waals surface area contributed by atoms with Gasteiger partial charge in [-0.2, -0.15) is 13.2 Å². The van der Waals surface area contributed by atoms with Gasteiger partial charge in [-0.15, -0.1) is 0 Å². The summed E-state index contributed by atoms with van der Waals surface area (Å²) in [5.74, 6) is 2.16. The largest absolute Gasteiger partial charge is 0.493 e. The summed E-state index contributed by atoms with van der Waals surface area (Å²) >= 11 is 0. The SMILES string of the molecule is COc1cc2nccc(Oc3cccc(NC(=O)Nc4ccc(N5CCC(CNC(=O)CCC6CCCCN6C)CC5)c(C(F)(F)F)c4)c3)c2cc1OC. The van der Waals surface area contributed by atoms with Gasteiger partial charge in [0.05, 0.1) is 25.3 Å². The van der Waals surface area contributed by atoms with Gasteiger partial charge in [0.25, 0.3) is 0 Å². The second-order valence-electron chi connectivity index (χ2n) is 13.9. The van der Waals surface area contributed by atoms with Crippen molar-refractivity contribution in [1.82, 2.24) is 15.2 Å². The van der Waals surface area contributed by atoms with E-state index in [0.717, 1.165) is 25.5 Å². The minimum atomic E-state index is -4.64. The molecule has 0 spiro atoms. The third-order valence-corrected chi connectivity index (χ3v) is 10.3. The van der Waals surface area contributed by atoms with Crippen molar-refractivity contribution in [2.24, 2.45) is 5.92 Å². The zero-order valence-corrected chi connectivity index (χ0v) is 30.8. The third kappa shape index (κ3) is 9.64. The van der Waals surface area contributed by atoms with Gasteiger partial charge >= 0.3 is 12.2 Å². The van der Waals surface area contributed by atoms with Gasteiger partial charge in [0.2, 0.25) is 5.91 Å². The van der Waals surface area contributed by atoms with Crippen LogP contribution in [0.25, 0.3) is 10.9 Å². The summed E-state index contributed by atoms with van der Waals surface area (Å²) in [6.07, 6.45) is 3.13. The first-order chi connectivity index (χ1) is 26.0. The lowest BCUT2D eigenvalue weighted by molar-refractivity contribution is -0.137. The number of nitrogens with zero attached hydrogens (tertiary/aromatic N) is 3. The van der Waals surface area contributed by atoms with Crippen molar-refractivity contribution < 1.29 is 37.0 Å². The zero-order chi connectivity index (χ0) is 38.2. The quantitative estimate of drug-likeness (QED) is 0.133. The number of carbonyl (C=O) groups is 2. The smallest absolute Gasteiger partial charge is 0.418 e. The van der Waals surface area contributed by atoms with Crippen molar-refractivity contribution in [3.8, 4) is 23.0 Å². The first kappa shape index (κ1) is 38.5. The van der Waals surface area contributed by atoms with Crippen LogP contribution in [0.15, 0.2) is 66.9 Å². The normalized spacial score (nSPS) is 16.9. The van der Waals surface area contributed by atoms with Gasteiger partial charge in [-0.05, 0) is 94.1 Å². The number of anilines is 3. The number of halogens is 3. The number of methoxy groups -OCH3 is 2. The van der Waals surface area contributed by atoms with E-state index in [1.807, 2.05) is 0 Å². The molecule has 2 saturated heterocycles. The minimum Gasteiger partial charge on any atom is -0.493 e. The molecule has 3 amide bonds. The summed E-state index contributed by atoms with van der Waals surface area (Å²) < 4.78 is 60.0. The molecule has 0 saturated carbocycles. The number of aromatic nitrogens is 1. The number of amides is 3. The third-order valence-electron chi connectivity index (χ3n) is 10.3. The van der Waals surface area contributed by atoms with Gasteiger partial charge in [0.15, 0.2) is 11.5 Å². The maximum absolute atomic E-state index is 14.3. The molecule has 4 aromatic rings. The number of fused-ring (bicyclic) bond motifs is 1. The van der Waals surface area contributed by atoms with Gasteiger partial charge in [-0.3, -0.25) is 9.78 Å². The highest BCUT2D eigenvalue weighted by Crippen LogP contribution is 2.40. The summed E-state index contributed by atoms with van der Waals surface area (Å²) in [6, 6.07) is 15.4. The molecule has 6 rings (SSSR count). The van der Waals surface area contributed by atoms with Gasteiger partial charge in [0.1, 0.15) is 11.5 Å². The number of pyridine rings is 1. The highest BCUT2D eigenvalue weighted by molar-refractivity contribution is 6.00. The number of hydrogen-bond donors (Lipinski definition) is 3. The highest BCUT2D eigenvalue weighted by atomic mass is 19.4. The summed E-state index contributed by atoms with van der Waals surface area (Å²) in [7, 11) is 5.18. The van der Waals surface area contributed by atoms with Gasteiger partial charge < -0.3 is 40.0 Å². The summed E-state index contributed by atoms with van der Waals surface area (Å²) in [4.78, 5) is 33.9. The average Bonchev–Trinajstić information content (AvgIpc) is 3.16. The van der Waals surface area contributed by atoms with Crippen molar-refractivity contribution in [2.75, 3.05) is 63.0 Å². The molecule has 54 heavy (non-hydrogen) atoms. The highest BCUT2D eigenvalue weighted by Gasteiger charge is 2.36. The fraction of sp³-hybridized carbons (Fsp3) is 0.425. The van der Waals surface area contributed by atoms with Crippen molar-refractivity contribution >= 4 is 39.9 Å². The molecule has 0 radical (unpaired) electrons. The van der Waals surface area contributed by atoms with E-state index in [-0.39, 0.29) is 23.2 Å². The van der Waals surface area contributed by atoms with E-state index in [9.17, 15) is 22.8 Å². The van der Waals surface area contributed by atoms with E-state index in [4.69, 9.17) is 14.2 Å². The molecule has 0 bridgehead atoms. The van der Waals surface area contributed by atoms with Crippen LogP contribution >= 0.6 is 0 Å². The Hall–Kier alpha value is -5.24. The molecule has 3 N–H and O–H groups in total. The van der Waals surface area contributed by atoms with Crippen LogP contribution in [0.2, 0.25) is 0 Å². The van der Waals surface area contributed by atoms with E-state index in [1.54, 1.807) is 53.6 Å². The van der Waals surface area contributed by atoms with Gasteiger partial charge in [-0.25, -0.2) is 4.79 Å². The fourth-order valence-electron chi connectivity index (χ4n) is 7.24. The van der Waals surface area contributed by atoms with Crippen molar-refractivity contribution in [2.45, 2.75) is 57.2 Å². The number of likely N-dealkylation sites (tertiary alicyclic amines) is 1. The number of piperidine rings is 2. The van der Waals surface area contributed by atoms with Gasteiger partial charge in [0, 0.05) is 72.9 Å². The average molecular weight is 749 g/mol. The predicted octanol–water partition coefficient (Wildman–Crippen LogP) is 8.30. The molecule has 2 fully saturated rings. The van der Waals surface area contributed by atoms with Crippen LogP contribution in [-0.2, 0) is 11.0 Å². The standard InChI is InChI=1S/C40H47F3N6O5/c1-48-18-5-4-8-29(48)11-13-38(50)45-25-26-15-19-49(20-16-26)34-12-10-28(22-32(34)40(41,42)43)47-39(51)46-27-7-6-9-30(21-27)54-35-14-17-44-33-24-37(53-3)36(52-2)23-31(33)35/h6-7,9-10,12,14,17,21-24,26,29H,4-5,8,11,13,15-16,18-20,25H2,1-3H3,(H,45,50)(H2,46,47,51). The molecule has 2 aliphatic rings. The Morgan fingerprint density at radius 1 is 0.870 bits per heavy atom. The fourth-order valence-corrected chi connectivity index (χ4v) is 7.24. The first-order valence-corrected chi connectivity index (χ1v) is 18.3. The Morgan fingerprint density at radius 2 is 1.61 bits per heavy atom. The number of nitrogens with one attached hydrogen (secondary N) is 3. The van der Waals surface area contributed by atoms with E-state index in [1.165, 1.54) is 39.2 Å². The number of carbonyl (C=O) groups excluding carboxylic acids is 2. The number of alkyl halides is 3. The van der Waals surface area contributed by atoms with Crippen molar-refractivity contribution in [1.29, 1.82) is 0 Å². The van der Waals surface area contributed by atoms with Crippen LogP contribution < -0.4 is 35.1 Å². The van der Waals surface area contributed by atoms with Crippen LogP contribution in [0, 0.1) is 5.92 Å². The number of benzene rings is 3. The van der Waals surface area contributed by atoms with E-state index >= 15 is 0 Å². The molecule has 11 nitrogen and oxygen atoms in total. The lowest BCUT2D eigenvalue weighted by Crippen LogP contribution is -2.40. The number of rotatable bonds is 12. The molecular weight excluding hydrogens is 701 g/mol. The maximum Gasteiger partial charge on any atom is 0.418 e. The zero-order valence-electron chi connectivity index (χ0n) is 30.8. The van der Waals surface area contributed by atoms with Crippen LogP contribution in [0.1, 0.15) is 50.5 Å². The summed E-state index contributed by atoms with van der Waals surface area (Å²) in [5.41, 5.74) is 0.236. The summed E-state index contributed by atoms with van der Waals surface area (Å²) in [5, 5.41) is 8.93. The molecule has 14 heteroatoms. The topological polar surface area (TPSA) is 117 Å². The van der Waals surface area contributed by atoms with E-state index in [2.05, 4.69) is 32.9 Å². The Bertz CT molecular complexity index is 1930. The van der Waals surface area contributed by atoms with Crippen molar-refractivity contribution in [3.05, 3.63) is 72.4 Å². The lowest BCUT2D eigenvalue weighted by atomic mass is 9.95. The molecule has 288 valence electrons. The molecule has 0 aliphatic carbocycles. The van der Waals surface area contributed by atoms with Crippen LogP contribution in [0.3, 0.4) is 0 Å². The first-order valence-electron chi connectivity index (χ1n) is 18.3. The summed E-state index contributed by atoms with van der Waals surface area (Å²) in [6.45, 7) is 2.46. The number of urea groups is 1. The molecule has 3 heterocycles. The molecular formula is C40H47F3N6O5. The van der Waals surface area contributed by atoms with E-state index < -0.39 is 17.8 Å². The molecule has 1 atom stereocenters. The Labute approximate surface area is 313 Å². The molecule has 1 unspecified atom stereocenters. The molecule has 1 aromatic heterocycles. The maximum atomic E-state index is 14.3. The Kier molecular flexibility index (Phi) is 12.3. The number of hydrogen-bond acceptors (Lipinski definition) is 8. The molecule has 3 aromatic carbocycles.